The fraction of sp³-hybridized carbons (Fsp3) is 0.591. The molecular formula is C22H29NO3. The van der Waals surface area contributed by atoms with E-state index >= 15 is 0 Å². The van der Waals surface area contributed by atoms with Crippen LogP contribution >= 0.6 is 0 Å². The van der Waals surface area contributed by atoms with Crippen molar-refractivity contribution in [1.29, 1.82) is 0 Å². The van der Waals surface area contributed by atoms with Crippen LogP contribution in [0.1, 0.15) is 57.6 Å². The van der Waals surface area contributed by atoms with Crippen molar-refractivity contribution in [2.75, 3.05) is 6.54 Å². The molecule has 0 unspecified atom stereocenters. The Balaban J connectivity index is 1.78. The van der Waals surface area contributed by atoms with E-state index in [9.17, 15) is 9.90 Å². The van der Waals surface area contributed by atoms with Gasteiger partial charge in [-0.3, -0.25) is 0 Å². The number of fused-ring (bicyclic) bond motifs is 1. The molecule has 1 aromatic rings. The number of ether oxygens (including phenoxy) is 1. The van der Waals surface area contributed by atoms with Crippen LogP contribution < -0.4 is 0 Å². The van der Waals surface area contributed by atoms with Crippen molar-refractivity contribution in [1.82, 2.24) is 4.90 Å². The molecule has 1 amide bonds. The molecule has 1 aliphatic heterocycles. The van der Waals surface area contributed by atoms with Crippen LogP contribution in [0.3, 0.4) is 0 Å². The number of hydrogen-bond donors (Lipinski definition) is 1. The molecular weight excluding hydrogens is 326 g/mol. The molecule has 1 saturated carbocycles. The van der Waals surface area contributed by atoms with Crippen molar-refractivity contribution >= 4 is 6.09 Å². The lowest BCUT2D eigenvalue weighted by atomic mass is 9.73. The van der Waals surface area contributed by atoms with E-state index < -0.39 is 11.2 Å². The quantitative estimate of drug-likeness (QED) is 0.719. The first-order chi connectivity index (χ1) is 12.2. The predicted molar refractivity (Wildman–Crippen MR) is 102 cm³/mol. The van der Waals surface area contributed by atoms with Gasteiger partial charge in [-0.15, -0.1) is 0 Å². The summed E-state index contributed by atoms with van der Waals surface area (Å²) in [5.41, 5.74) is 0.527. The minimum atomic E-state index is -1.04. The van der Waals surface area contributed by atoms with Crippen molar-refractivity contribution in [3.05, 3.63) is 35.4 Å². The highest BCUT2D eigenvalue weighted by Gasteiger charge is 2.50. The van der Waals surface area contributed by atoms with E-state index in [0.717, 1.165) is 30.4 Å². The Morgan fingerprint density at radius 2 is 2.12 bits per heavy atom. The summed E-state index contributed by atoms with van der Waals surface area (Å²) in [6, 6.07) is 8.01. The maximum Gasteiger partial charge on any atom is 0.410 e. The lowest BCUT2D eigenvalue weighted by molar-refractivity contribution is -0.0234. The number of aliphatic hydroxyl groups is 1. The molecule has 0 radical (unpaired) electrons. The van der Waals surface area contributed by atoms with Crippen molar-refractivity contribution in [3.8, 4) is 11.8 Å². The van der Waals surface area contributed by atoms with Crippen LogP contribution in [-0.4, -0.2) is 39.9 Å². The Morgan fingerprint density at radius 1 is 1.35 bits per heavy atom. The number of likely N-dealkylation sites (tertiary alicyclic amines) is 1. The molecule has 1 heterocycles. The number of aryl methyl sites for hydroxylation is 1. The van der Waals surface area contributed by atoms with Crippen LogP contribution in [0.25, 0.3) is 0 Å². The number of carbonyl (C=O) groups excluding carboxylic acids is 1. The van der Waals surface area contributed by atoms with Gasteiger partial charge in [-0.2, -0.15) is 0 Å². The molecule has 0 bridgehead atoms. The SMILES string of the molecule is Cc1cccc(C#C[C@]2(O)CCC[C@@H]3[C@H]2CCN3C(=O)OC(C)(C)C)c1. The first-order valence-electron chi connectivity index (χ1n) is 9.50. The number of rotatable bonds is 0. The largest absolute Gasteiger partial charge is 0.444 e. The summed E-state index contributed by atoms with van der Waals surface area (Å²) >= 11 is 0. The van der Waals surface area contributed by atoms with E-state index in [1.54, 1.807) is 4.90 Å². The van der Waals surface area contributed by atoms with Gasteiger partial charge in [0.2, 0.25) is 0 Å². The van der Waals surface area contributed by atoms with Crippen molar-refractivity contribution in [3.63, 3.8) is 0 Å². The first kappa shape index (κ1) is 18.8. The van der Waals surface area contributed by atoms with Crippen LogP contribution in [0, 0.1) is 24.7 Å². The van der Waals surface area contributed by atoms with Crippen molar-refractivity contribution < 1.29 is 14.6 Å². The van der Waals surface area contributed by atoms with Crippen molar-refractivity contribution in [2.45, 2.75) is 70.6 Å². The third-order valence-electron chi connectivity index (χ3n) is 5.29. The average Bonchev–Trinajstić information content (AvgIpc) is 2.98. The number of hydrogen-bond acceptors (Lipinski definition) is 3. The molecule has 0 aromatic heterocycles. The van der Waals surface area contributed by atoms with Crippen molar-refractivity contribution in [2.24, 2.45) is 5.92 Å². The molecule has 3 atom stereocenters. The number of nitrogens with zero attached hydrogens (tertiary/aromatic N) is 1. The van der Waals surface area contributed by atoms with Gasteiger partial charge in [0.1, 0.15) is 11.2 Å². The minimum Gasteiger partial charge on any atom is -0.444 e. The summed E-state index contributed by atoms with van der Waals surface area (Å²) in [6.07, 6.45) is 2.91. The third-order valence-corrected chi connectivity index (χ3v) is 5.29. The summed E-state index contributed by atoms with van der Waals surface area (Å²) in [4.78, 5) is 14.3. The molecule has 1 saturated heterocycles. The van der Waals surface area contributed by atoms with Gasteiger partial charge in [-0.25, -0.2) is 4.79 Å². The standard InChI is InChI=1S/C22H29NO3/c1-16-7-5-8-17(15-16)10-13-22(25)12-6-9-19-18(22)11-14-23(19)20(24)26-21(2,3)4/h5,7-8,15,18-19,25H,6,9,11-12,14H2,1-4H3/t18-,19-,22-/m1/s1. The molecule has 2 aliphatic rings. The monoisotopic (exact) mass is 355 g/mol. The van der Waals surface area contributed by atoms with Gasteiger partial charge in [0.05, 0.1) is 0 Å². The average molecular weight is 355 g/mol. The minimum absolute atomic E-state index is 0.00964. The van der Waals surface area contributed by atoms with Gasteiger partial charge >= 0.3 is 6.09 Å². The maximum atomic E-state index is 12.5. The Morgan fingerprint density at radius 3 is 2.81 bits per heavy atom. The van der Waals surface area contributed by atoms with Gasteiger partial charge in [0, 0.05) is 24.1 Å². The third kappa shape index (κ3) is 4.04. The van der Waals surface area contributed by atoms with Crippen LogP contribution in [0.4, 0.5) is 4.79 Å². The number of amides is 1. The topological polar surface area (TPSA) is 49.8 Å². The van der Waals surface area contributed by atoms with Gasteiger partial charge in [-0.05, 0) is 71.1 Å². The summed E-state index contributed by atoms with van der Waals surface area (Å²) in [6.45, 7) is 8.29. The highest BCUT2D eigenvalue weighted by atomic mass is 16.6. The zero-order valence-electron chi connectivity index (χ0n) is 16.2. The predicted octanol–water partition coefficient (Wildman–Crippen LogP) is 3.89. The molecule has 26 heavy (non-hydrogen) atoms. The molecule has 1 N–H and O–H groups in total. The van der Waals surface area contributed by atoms with Gasteiger partial charge in [0.15, 0.2) is 0 Å². The molecule has 4 nitrogen and oxygen atoms in total. The Hall–Kier alpha value is -1.99. The summed E-state index contributed by atoms with van der Waals surface area (Å²) in [5, 5.41) is 11.3. The summed E-state index contributed by atoms with van der Waals surface area (Å²) in [7, 11) is 0. The fourth-order valence-electron chi connectivity index (χ4n) is 4.14. The lowest BCUT2D eigenvalue weighted by Gasteiger charge is -2.40. The van der Waals surface area contributed by atoms with E-state index in [0.29, 0.717) is 13.0 Å². The van der Waals surface area contributed by atoms with Gasteiger partial charge in [0.25, 0.3) is 0 Å². The van der Waals surface area contributed by atoms with Crippen LogP contribution in [0.2, 0.25) is 0 Å². The second kappa shape index (κ2) is 6.96. The van der Waals surface area contributed by atoms with E-state index in [2.05, 4.69) is 11.8 Å². The molecule has 4 heteroatoms. The molecule has 0 spiro atoms. The zero-order valence-corrected chi connectivity index (χ0v) is 16.2. The normalized spacial score (nSPS) is 28.1. The Kier molecular flexibility index (Phi) is 5.03. The van der Waals surface area contributed by atoms with E-state index in [-0.39, 0.29) is 18.1 Å². The molecule has 1 aliphatic carbocycles. The Bertz CT molecular complexity index is 740. The first-order valence-corrected chi connectivity index (χ1v) is 9.50. The summed E-state index contributed by atoms with van der Waals surface area (Å²) in [5.74, 6) is 6.29. The molecule has 3 rings (SSSR count). The fourth-order valence-corrected chi connectivity index (χ4v) is 4.14. The lowest BCUT2D eigenvalue weighted by Crippen LogP contribution is -2.50. The highest BCUT2D eigenvalue weighted by Crippen LogP contribution is 2.43. The van der Waals surface area contributed by atoms with Crippen LogP contribution in [0.5, 0.6) is 0 Å². The second-order valence-electron chi connectivity index (χ2n) is 8.57. The zero-order chi connectivity index (χ0) is 18.9. The Labute approximate surface area is 156 Å². The summed E-state index contributed by atoms with van der Waals surface area (Å²) < 4.78 is 5.55. The second-order valence-corrected chi connectivity index (χ2v) is 8.57. The molecule has 1 aromatic carbocycles. The van der Waals surface area contributed by atoms with Crippen LogP contribution in [-0.2, 0) is 4.74 Å². The van der Waals surface area contributed by atoms with Crippen LogP contribution in [0.15, 0.2) is 24.3 Å². The van der Waals surface area contributed by atoms with E-state index in [4.69, 9.17) is 4.74 Å². The van der Waals surface area contributed by atoms with Gasteiger partial charge < -0.3 is 14.7 Å². The highest BCUT2D eigenvalue weighted by molar-refractivity contribution is 5.69. The smallest absolute Gasteiger partial charge is 0.410 e. The molecule has 140 valence electrons. The van der Waals surface area contributed by atoms with Gasteiger partial charge in [-0.1, -0.05) is 24.0 Å². The van der Waals surface area contributed by atoms with E-state index in [1.807, 2.05) is 52.0 Å². The molecule has 2 fully saturated rings. The number of benzene rings is 1. The maximum absolute atomic E-state index is 12.5. The number of carbonyl (C=O) groups is 1. The van der Waals surface area contributed by atoms with E-state index in [1.165, 1.54) is 0 Å².